The number of piperazine rings is 1. The number of aromatic nitrogens is 1. The third kappa shape index (κ3) is 5.43. The molecule has 1 N–H and O–H groups in total. The maximum Gasteiger partial charge on any atom is 0.270 e. The SMILES string of the molecule is COc1ccc(N2CCN(Cc3nc(C(=O)NCC(C)C)cs3)CC2)cc1. The van der Waals surface area contributed by atoms with Gasteiger partial charge >= 0.3 is 0 Å². The second-order valence-corrected chi connectivity index (χ2v) is 8.13. The van der Waals surface area contributed by atoms with Gasteiger partial charge in [0.1, 0.15) is 16.5 Å². The molecule has 0 radical (unpaired) electrons. The van der Waals surface area contributed by atoms with Crippen LogP contribution < -0.4 is 15.0 Å². The Kier molecular flexibility index (Phi) is 6.68. The van der Waals surface area contributed by atoms with Crippen LogP contribution >= 0.6 is 11.3 Å². The summed E-state index contributed by atoms with van der Waals surface area (Å²) in [6.45, 7) is 9.59. The molecule has 146 valence electrons. The first-order valence-corrected chi connectivity index (χ1v) is 10.3. The quantitative estimate of drug-likeness (QED) is 0.790. The third-order valence-corrected chi connectivity index (χ3v) is 5.46. The van der Waals surface area contributed by atoms with Gasteiger partial charge in [0.15, 0.2) is 0 Å². The molecule has 1 aliphatic rings. The molecule has 0 unspecified atom stereocenters. The Bertz CT molecular complexity index is 737. The number of nitrogens with zero attached hydrogens (tertiary/aromatic N) is 3. The summed E-state index contributed by atoms with van der Waals surface area (Å²) in [5, 5.41) is 5.79. The van der Waals surface area contributed by atoms with Gasteiger partial charge in [-0.1, -0.05) is 13.8 Å². The topological polar surface area (TPSA) is 57.7 Å². The van der Waals surface area contributed by atoms with Crippen LogP contribution in [0.15, 0.2) is 29.6 Å². The first-order chi connectivity index (χ1) is 13.0. The molecule has 6 nitrogen and oxygen atoms in total. The van der Waals surface area contributed by atoms with Crippen LogP contribution in [0.1, 0.15) is 29.3 Å². The second kappa shape index (κ2) is 9.19. The molecule has 0 atom stereocenters. The van der Waals surface area contributed by atoms with Crippen LogP contribution in [0.25, 0.3) is 0 Å². The predicted octanol–water partition coefficient (Wildman–Crippen LogP) is 2.86. The zero-order valence-corrected chi connectivity index (χ0v) is 17.1. The number of ether oxygens (including phenoxy) is 1. The van der Waals surface area contributed by atoms with E-state index in [0.717, 1.165) is 43.5 Å². The van der Waals surface area contributed by atoms with Gasteiger partial charge in [-0.3, -0.25) is 9.69 Å². The molecule has 2 aromatic rings. The van der Waals surface area contributed by atoms with Gasteiger partial charge in [-0.15, -0.1) is 11.3 Å². The Morgan fingerprint density at radius 1 is 1.22 bits per heavy atom. The van der Waals surface area contributed by atoms with Crippen LogP contribution in [0, 0.1) is 5.92 Å². The lowest BCUT2D eigenvalue weighted by atomic mass is 10.2. The fourth-order valence-electron chi connectivity index (χ4n) is 3.02. The summed E-state index contributed by atoms with van der Waals surface area (Å²) in [6, 6.07) is 8.22. The van der Waals surface area contributed by atoms with E-state index in [1.165, 1.54) is 5.69 Å². The van der Waals surface area contributed by atoms with Crippen LogP contribution in [-0.4, -0.2) is 55.6 Å². The Morgan fingerprint density at radius 2 is 1.93 bits per heavy atom. The van der Waals surface area contributed by atoms with Crippen molar-refractivity contribution in [2.75, 3.05) is 44.7 Å². The number of methoxy groups -OCH3 is 1. The van der Waals surface area contributed by atoms with Crippen LogP contribution in [0.3, 0.4) is 0 Å². The smallest absolute Gasteiger partial charge is 0.270 e. The lowest BCUT2D eigenvalue weighted by molar-refractivity contribution is 0.0944. The highest BCUT2D eigenvalue weighted by Gasteiger charge is 2.19. The summed E-state index contributed by atoms with van der Waals surface area (Å²) in [4.78, 5) is 21.4. The Labute approximate surface area is 165 Å². The summed E-state index contributed by atoms with van der Waals surface area (Å²) < 4.78 is 5.22. The molecule has 1 aromatic carbocycles. The van der Waals surface area contributed by atoms with E-state index in [1.807, 2.05) is 17.5 Å². The van der Waals surface area contributed by atoms with E-state index in [4.69, 9.17) is 4.74 Å². The minimum atomic E-state index is -0.0736. The number of carbonyl (C=O) groups excluding carboxylic acids is 1. The van der Waals surface area contributed by atoms with Crippen molar-refractivity contribution < 1.29 is 9.53 Å². The normalized spacial score (nSPS) is 15.2. The van der Waals surface area contributed by atoms with Gasteiger partial charge < -0.3 is 15.0 Å². The molecular weight excluding hydrogens is 360 g/mol. The molecule has 1 saturated heterocycles. The van der Waals surface area contributed by atoms with Crippen molar-refractivity contribution in [3.05, 3.63) is 40.3 Å². The highest BCUT2D eigenvalue weighted by molar-refractivity contribution is 7.09. The molecule has 1 aliphatic heterocycles. The fourth-order valence-corrected chi connectivity index (χ4v) is 3.84. The number of carbonyl (C=O) groups is 1. The number of hydrogen-bond acceptors (Lipinski definition) is 6. The van der Waals surface area contributed by atoms with Crippen LogP contribution in [0.4, 0.5) is 5.69 Å². The lowest BCUT2D eigenvalue weighted by Gasteiger charge is -2.35. The van der Waals surface area contributed by atoms with Gasteiger partial charge in [0.25, 0.3) is 5.91 Å². The van der Waals surface area contributed by atoms with Gasteiger partial charge in [0.2, 0.25) is 0 Å². The Morgan fingerprint density at radius 3 is 2.56 bits per heavy atom. The summed E-state index contributed by atoms with van der Waals surface area (Å²) in [5.41, 5.74) is 1.77. The van der Waals surface area contributed by atoms with Crippen molar-refractivity contribution in [1.29, 1.82) is 0 Å². The highest BCUT2D eigenvalue weighted by atomic mass is 32.1. The molecule has 3 rings (SSSR count). The third-order valence-electron chi connectivity index (χ3n) is 4.62. The molecule has 1 amide bonds. The maximum atomic E-state index is 12.1. The Balaban J connectivity index is 1.48. The zero-order valence-electron chi connectivity index (χ0n) is 16.3. The number of rotatable bonds is 7. The van der Waals surface area contributed by atoms with E-state index >= 15 is 0 Å². The van der Waals surface area contributed by atoms with Crippen molar-refractivity contribution >= 4 is 22.9 Å². The van der Waals surface area contributed by atoms with Crippen LogP contribution in [0.2, 0.25) is 0 Å². The molecule has 0 spiro atoms. The minimum absolute atomic E-state index is 0.0736. The van der Waals surface area contributed by atoms with E-state index < -0.39 is 0 Å². The number of benzene rings is 1. The van der Waals surface area contributed by atoms with Crippen molar-refractivity contribution in [2.24, 2.45) is 5.92 Å². The molecule has 7 heteroatoms. The molecule has 2 heterocycles. The fraction of sp³-hybridized carbons (Fsp3) is 0.500. The minimum Gasteiger partial charge on any atom is -0.497 e. The summed E-state index contributed by atoms with van der Waals surface area (Å²) >= 11 is 1.57. The van der Waals surface area contributed by atoms with E-state index in [2.05, 4.69) is 46.1 Å². The molecule has 0 bridgehead atoms. The standard InChI is InChI=1S/C20H28N4O2S/c1-15(2)12-21-20(25)18-14-27-19(22-18)13-23-8-10-24(11-9-23)16-4-6-17(26-3)7-5-16/h4-7,14-15H,8-13H2,1-3H3,(H,21,25). The lowest BCUT2D eigenvalue weighted by Crippen LogP contribution is -2.45. The average molecular weight is 389 g/mol. The molecule has 0 aliphatic carbocycles. The van der Waals surface area contributed by atoms with Gasteiger partial charge in [-0.25, -0.2) is 4.98 Å². The average Bonchev–Trinajstić information content (AvgIpc) is 3.15. The number of anilines is 1. The van der Waals surface area contributed by atoms with Crippen molar-refractivity contribution in [3.63, 3.8) is 0 Å². The largest absolute Gasteiger partial charge is 0.497 e. The molecule has 1 aromatic heterocycles. The molecular formula is C20H28N4O2S. The number of amides is 1. The van der Waals surface area contributed by atoms with Gasteiger partial charge in [0.05, 0.1) is 13.7 Å². The van der Waals surface area contributed by atoms with Gasteiger partial charge in [-0.05, 0) is 30.2 Å². The summed E-state index contributed by atoms with van der Waals surface area (Å²) in [5.74, 6) is 1.25. The molecule has 1 fully saturated rings. The first-order valence-electron chi connectivity index (χ1n) is 9.39. The monoisotopic (exact) mass is 388 g/mol. The first kappa shape index (κ1) is 19.6. The number of thiazole rings is 1. The van der Waals surface area contributed by atoms with Crippen molar-refractivity contribution in [2.45, 2.75) is 20.4 Å². The Hall–Kier alpha value is -2.12. The van der Waals surface area contributed by atoms with E-state index in [-0.39, 0.29) is 5.91 Å². The molecule has 0 saturated carbocycles. The van der Waals surface area contributed by atoms with Crippen LogP contribution in [0.5, 0.6) is 5.75 Å². The predicted molar refractivity (Wildman–Crippen MR) is 110 cm³/mol. The van der Waals surface area contributed by atoms with Crippen molar-refractivity contribution in [3.8, 4) is 5.75 Å². The van der Waals surface area contributed by atoms with Gasteiger partial charge in [-0.2, -0.15) is 0 Å². The zero-order chi connectivity index (χ0) is 19.2. The van der Waals surface area contributed by atoms with Gasteiger partial charge in [0, 0.05) is 43.8 Å². The number of hydrogen-bond donors (Lipinski definition) is 1. The summed E-state index contributed by atoms with van der Waals surface area (Å²) in [7, 11) is 1.69. The number of nitrogens with one attached hydrogen (secondary N) is 1. The van der Waals surface area contributed by atoms with Crippen molar-refractivity contribution in [1.82, 2.24) is 15.2 Å². The summed E-state index contributed by atoms with van der Waals surface area (Å²) in [6.07, 6.45) is 0. The second-order valence-electron chi connectivity index (χ2n) is 7.19. The van der Waals surface area contributed by atoms with Crippen LogP contribution in [-0.2, 0) is 6.54 Å². The van der Waals surface area contributed by atoms with E-state index in [9.17, 15) is 4.79 Å². The highest BCUT2D eigenvalue weighted by Crippen LogP contribution is 2.21. The van der Waals surface area contributed by atoms with E-state index in [1.54, 1.807) is 18.4 Å². The van der Waals surface area contributed by atoms with E-state index in [0.29, 0.717) is 18.2 Å². The molecule has 27 heavy (non-hydrogen) atoms. The maximum absolute atomic E-state index is 12.1.